The second-order valence-corrected chi connectivity index (χ2v) is 5.29. The van der Waals surface area contributed by atoms with Gasteiger partial charge in [0.1, 0.15) is 5.82 Å². The van der Waals surface area contributed by atoms with Gasteiger partial charge in [0, 0.05) is 25.7 Å². The van der Waals surface area contributed by atoms with E-state index in [0.29, 0.717) is 5.82 Å². The number of nitrogens with zero attached hydrogens (tertiary/aromatic N) is 3. The van der Waals surface area contributed by atoms with Gasteiger partial charge >= 0.3 is 0 Å². The molecule has 1 fully saturated rings. The van der Waals surface area contributed by atoms with Crippen molar-refractivity contribution in [1.82, 2.24) is 20.0 Å². The number of piperidine rings is 1. The molecule has 0 radical (unpaired) electrons. The first-order valence-corrected chi connectivity index (χ1v) is 6.30. The first-order chi connectivity index (χ1) is 8.13. The second-order valence-electron chi connectivity index (χ2n) is 5.29. The summed E-state index contributed by atoms with van der Waals surface area (Å²) < 4.78 is 0. The summed E-state index contributed by atoms with van der Waals surface area (Å²) in [5.74, 6) is 1.37. The minimum atomic E-state index is 0.575. The minimum absolute atomic E-state index is 0.575. The summed E-state index contributed by atoms with van der Waals surface area (Å²) in [7, 11) is 4.37. The van der Waals surface area contributed by atoms with Gasteiger partial charge in [-0.25, -0.2) is 0 Å². The highest BCUT2D eigenvalue weighted by Crippen LogP contribution is 2.16. The normalized spacial score (nSPS) is 22.2. The van der Waals surface area contributed by atoms with E-state index in [9.17, 15) is 0 Å². The van der Waals surface area contributed by atoms with Crippen molar-refractivity contribution in [2.75, 3.05) is 39.5 Å². The molecule has 0 saturated carbocycles. The predicted molar refractivity (Wildman–Crippen MR) is 69.6 cm³/mol. The van der Waals surface area contributed by atoms with E-state index in [-0.39, 0.29) is 0 Å². The van der Waals surface area contributed by atoms with Crippen LogP contribution in [0.1, 0.15) is 18.5 Å². The quantitative estimate of drug-likeness (QED) is 0.812. The van der Waals surface area contributed by atoms with E-state index < -0.39 is 0 Å². The maximum atomic E-state index is 5.59. The van der Waals surface area contributed by atoms with Crippen molar-refractivity contribution in [3.8, 4) is 0 Å². The number of likely N-dealkylation sites (tertiary alicyclic amines) is 1. The van der Waals surface area contributed by atoms with Gasteiger partial charge < -0.3 is 15.5 Å². The molecule has 2 rings (SSSR count). The summed E-state index contributed by atoms with van der Waals surface area (Å²) in [6, 6.07) is 1.91. The Kier molecular flexibility index (Phi) is 4.02. The second kappa shape index (κ2) is 5.51. The Hall–Kier alpha value is -1.07. The molecule has 2 heterocycles. The third-order valence-corrected chi connectivity index (χ3v) is 3.38. The Balaban J connectivity index is 1.78. The molecule has 17 heavy (non-hydrogen) atoms. The fraction of sp³-hybridized carbons (Fsp3) is 0.750. The lowest BCUT2D eigenvalue weighted by molar-refractivity contribution is 0.163. The molecule has 3 N–H and O–H groups in total. The lowest BCUT2D eigenvalue weighted by atomic mass is 9.98. The number of aromatic nitrogens is 2. The van der Waals surface area contributed by atoms with Crippen LogP contribution in [-0.4, -0.2) is 53.7 Å². The third kappa shape index (κ3) is 3.71. The fourth-order valence-electron chi connectivity index (χ4n) is 2.68. The van der Waals surface area contributed by atoms with Crippen molar-refractivity contribution in [3.63, 3.8) is 0 Å². The molecule has 0 spiro atoms. The number of nitrogens with two attached hydrogens (primary N) is 1. The SMILES string of the molecule is CN1CCCC(CN(C)Cc2cc(N)n[nH]2)C1. The molecular formula is C12H23N5. The summed E-state index contributed by atoms with van der Waals surface area (Å²) in [6.07, 6.45) is 2.67. The molecule has 0 aliphatic carbocycles. The number of H-pyrrole nitrogens is 1. The Bertz CT molecular complexity index is 348. The Morgan fingerprint density at radius 3 is 3.12 bits per heavy atom. The van der Waals surface area contributed by atoms with Crippen LogP contribution >= 0.6 is 0 Å². The lowest BCUT2D eigenvalue weighted by Gasteiger charge is -2.32. The van der Waals surface area contributed by atoms with Gasteiger partial charge in [-0.2, -0.15) is 5.10 Å². The molecule has 1 aliphatic heterocycles. The Morgan fingerprint density at radius 1 is 1.65 bits per heavy atom. The third-order valence-electron chi connectivity index (χ3n) is 3.38. The van der Waals surface area contributed by atoms with Gasteiger partial charge in [0.15, 0.2) is 0 Å². The van der Waals surface area contributed by atoms with Crippen molar-refractivity contribution in [2.24, 2.45) is 5.92 Å². The Morgan fingerprint density at radius 2 is 2.47 bits per heavy atom. The van der Waals surface area contributed by atoms with E-state index in [1.54, 1.807) is 0 Å². The molecule has 1 unspecified atom stereocenters. The molecule has 0 aromatic carbocycles. The van der Waals surface area contributed by atoms with Crippen LogP contribution in [-0.2, 0) is 6.54 Å². The molecule has 96 valence electrons. The van der Waals surface area contributed by atoms with Crippen molar-refractivity contribution in [2.45, 2.75) is 19.4 Å². The van der Waals surface area contributed by atoms with Crippen LogP contribution < -0.4 is 5.73 Å². The van der Waals surface area contributed by atoms with Gasteiger partial charge in [0.25, 0.3) is 0 Å². The molecule has 1 aliphatic rings. The number of rotatable bonds is 4. The van der Waals surface area contributed by atoms with Gasteiger partial charge in [-0.1, -0.05) is 0 Å². The highest BCUT2D eigenvalue weighted by Gasteiger charge is 2.18. The van der Waals surface area contributed by atoms with Crippen molar-refractivity contribution >= 4 is 5.82 Å². The predicted octanol–water partition coefficient (Wildman–Crippen LogP) is 0.766. The van der Waals surface area contributed by atoms with E-state index in [2.05, 4.69) is 34.1 Å². The maximum absolute atomic E-state index is 5.59. The molecule has 1 aromatic heterocycles. The van der Waals surface area contributed by atoms with Gasteiger partial charge in [0.05, 0.1) is 5.69 Å². The number of anilines is 1. The maximum Gasteiger partial charge on any atom is 0.145 e. The van der Waals surface area contributed by atoms with E-state index in [1.807, 2.05) is 6.07 Å². The first kappa shape index (κ1) is 12.4. The molecule has 1 saturated heterocycles. The van der Waals surface area contributed by atoms with E-state index in [0.717, 1.165) is 24.7 Å². The number of nitrogens with one attached hydrogen (secondary N) is 1. The largest absolute Gasteiger partial charge is 0.382 e. The molecule has 5 heteroatoms. The zero-order chi connectivity index (χ0) is 12.3. The molecule has 0 amide bonds. The average molecular weight is 237 g/mol. The van der Waals surface area contributed by atoms with Crippen molar-refractivity contribution in [1.29, 1.82) is 0 Å². The minimum Gasteiger partial charge on any atom is -0.382 e. The summed E-state index contributed by atoms with van der Waals surface area (Å²) in [5, 5.41) is 6.90. The number of hydrogen-bond donors (Lipinski definition) is 2. The van der Waals surface area contributed by atoms with E-state index in [4.69, 9.17) is 5.73 Å². The first-order valence-electron chi connectivity index (χ1n) is 6.30. The summed E-state index contributed by atoms with van der Waals surface area (Å²) >= 11 is 0. The lowest BCUT2D eigenvalue weighted by Crippen LogP contribution is -2.37. The van der Waals surface area contributed by atoms with Gasteiger partial charge in [-0.3, -0.25) is 5.10 Å². The molecule has 5 nitrogen and oxygen atoms in total. The van der Waals surface area contributed by atoms with E-state index in [1.165, 1.54) is 25.9 Å². The standard InChI is InChI=1S/C12H23N5/c1-16-5-3-4-10(7-16)8-17(2)9-11-6-12(13)15-14-11/h6,10H,3-5,7-9H2,1-2H3,(H3,13,14,15). The summed E-state index contributed by atoms with van der Waals surface area (Å²) in [4.78, 5) is 4.77. The molecule has 1 aromatic rings. The van der Waals surface area contributed by atoms with Crippen LogP contribution in [0, 0.1) is 5.92 Å². The highest BCUT2D eigenvalue weighted by atomic mass is 15.2. The molecule has 1 atom stereocenters. The van der Waals surface area contributed by atoms with Crippen molar-refractivity contribution < 1.29 is 0 Å². The zero-order valence-corrected chi connectivity index (χ0v) is 10.8. The van der Waals surface area contributed by atoms with E-state index >= 15 is 0 Å². The summed E-state index contributed by atoms with van der Waals surface area (Å²) in [6.45, 7) is 4.50. The monoisotopic (exact) mass is 237 g/mol. The topological polar surface area (TPSA) is 61.2 Å². The van der Waals surface area contributed by atoms with Crippen LogP contribution in [0.15, 0.2) is 6.07 Å². The molecular weight excluding hydrogens is 214 g/mol. The summed E-state index contributed by atoms with van der Waals surface area (Å²) in [5.41, 5.74) is 6.68. The van der Waals surface area contributed by atoms with Crippen LogP contribution in [0.2, 0.25) is 0 Å². The Labute approximate surface area is 103 Å². The van der Waals surface area contributed by atoms with Crippen LogP contribution in [0.25, 0.3) is 0 Å². The average Bonchev–Trinajstić information content (AvgIpc) is 2.63. The van der Waals surface area contributed by atoms with Gasteiger partial charge in [0.2, 0.25) is 0 Å². The zero-order valence-electron chi connectivity index (χ0n) is 10.8. The number of nitrogen functional groups attached to an aromatic ring is 1. The smallest absolute Gasteiger partial charge is 0.145 e. The van der Waals surface area contributed by atoms with Gasteiger partial charge in [-0.05, 0) is 39.4 Å². The molecule has 0 bridgehead atoms. The highest BCUT2D eigenvalue weighted by molar-refractivity contribution is 5.28. The number of hydrogen-bond acceptors (Lipinski definition) is 4. The van der Waals surface area contributed by atoms with Crippen LogP contribution in [0.4, 0.5) is 5.82 Å². The van der Waals surface area contributed by atoms with Crippen molar-refractivity contribution in [3.05, 3.63) is 11.8 Å². The van der Waals surface area contributed by atoms with Crippen LogP contribution in [0.5, 0.6) is 0 Å². The number of aromatic amines is 1. The fourth-order valence-corrected chi connectivity index (χ4v) is 2.68. The van der Waals surface area contributed by atoms with Crippen LogP contribution in [0.3, 0.4) is 0 Å². The van der Waals surface area contributed by atoms with Gasteiger partial charge in [-0.15, -0.1) is 0 Å².